The molecule has 2 aromatic carbocycles. The third-order valence-electron chi connectivity index (χ3n) is 4.17. The first kappa shape index (κ1) is 19.1. The van der Waals surface area contributed by atoms with Gasteiger partial charge in [-0.2, -0.15) is 0 Å². The summed E-state index contributed by atoms with van der Waals surface area (Å²) in [5, 5.41) is 4.02. The molecule has 0 radical (unpaired) electrons. The Balaban J connectivity index is 1.76. The predicted molar refractivity (Wildman–Crippen MR) is 115 cm³/mol. The minimum absolute atomic E-state index is 0.198. The number of amides is 1. The molecular formula is C22H14Cl2N4O. The molecule has 0 aliphatic heterocycles. The van der Waals surface area contributed by atoms with Crippen LogP contribution in [0.1, 0.15) is 10.4 Å². The fourth-order valence-corrected chi connectivity index (χ4v) is 2.97. The quantitative estimate of drug-likeness (QED) is 0.455. The molecule has 2 heterocycles. The lowest BCUT2D eigenvalue weighted by molar-refractivity contribution is 0.102. The largest absolute Gasteiger partial charge is 0.290 e. The number of nitrogens with zero attached hydrogens (tertiary/aromatic N) is 3. The highest BCUT2D eigenvalue weighted by Crippen LogP contribution is 2.27. The number of hydrogen-bond acceptors (Lipinski definition) is 4. The zero-order valence-corrected chi connectivity index (χ0v) is 16.5. The summed E-state index contributed by atoms with van der Waals surface area (Å²) in [6.07, 6.45) is 3.11. The molecule has 4 rings (SSSR count). The van der Waals surface area contributed by atoms with Gasteiger partial charge in [-0.25, -0.2) is 9.97 Å². The van der Waals surface area contributed by atoms with Crippen LogP contribution in [0, 0.1) is 0 Å². The number of carbonyl (C=O) groups is 1. The lowest BCUT2D eigenvalue weighted by atomic mass is 10.1. The molecule has 0 aliphatic carbocycles. The molecule has 142 valence electrons. The van der Waals surface area contributed by atoms with E-state index in [-0.39, 0.29) is 11.9 Å². The van der Waals surface area contributed by atoms with Gasteiger partial charge in [-0.15, -0.1) is 0 Å². The van der Waals surface area contributed by atoms with Crippen molar-refractivity contribution in [1.29, 1.82) is 0 Å². The van der Waals surface area contributed by atoms with E-state index in [0.29, 0.717) is 27.0 Å². The first-order valence-corrected chi connectivity index (χ1v) is 9.46. The Kier molecular flexibility index (Phi) is 5.51. The molecule has 1 amide bonds. The fraction of sp³-hybridized carbons (Fsp3) is 0. The first-order chi connectivity index (χ1) is 14.1. The maximum absolute atomic E-state index is 12.5. The maximum Gasteiger partial charge on any atom is 0.258 e. The highest BCUT2D eigenvalue weighted by atomic mass is 35.5. The van der Waals surface area contributed by atoms with Crippen molar-refractivity contribution >= 4 is 35.1 Å². The molecule has 5 nitrogen and oxygen atoms in total. The number of benzene rings is 2. The number of nitrogens with one attached hydrogen (secondary N) is 1. The Morgan fingerprint density at radius 1 is 0.724 bits per heavy atom. The average molecular weight is 421 g/mol. The van der Waals surface area contributed by atoms with Crippen LogP contribution in [0.2, 0.25) is 10.0 Å². The molecule has 0 bridgehead atoms. The van der Waals surface area contributed by atoms with Crippen LogP contribution in [0.5, 0.6) is 0 Å². The highest BCUT2D eigenvalue weighted by molar-refractivity contribution is 6.30. The van der Waals surface area contributed by atoms with Gasteiger partial charge < -0.3 is 0 Å². The molecule has 0 spiro atoms. The number of aromatic nitrogens is 3. The SMILES string of the molecule is O=C(Nc1nc(-c2ccc(Cl)cc2)cc(-c2ccc(Cl)cc2)n1)c1ccncc1. The van der Waals surface area contributed by atoms with E-state index >= 15 is 0 Å². The van der Waals surface area contributed by atoms with Gasteiger partial charge in [-0.05, 0) is 42.5 Å². The van der Waals surface area contributed by atoms with Crippen LogP contribution in [0.3, 0.4) is 0 Å². The smallest absolute Gasteiger partial charge is 0.258 e. The molecule has 1 N–H and O–H groups in total. The summed E-state index contributed by atoms with van der Waals surface area (Å²) >= 11 is 12.0. The summed E-state index contributed by atoms with van der Waals surface area (Å²) in [7, 11) is 0. The Hall–Kier alpha value is -3.28. The molecule has 2 aromatic heterocycles. The second kappa shape index (κ2) is 8.39. The topological polar surface area (TPSA) is 67.8 Å². The first-order valence-electron chi connectivity index (χ1n) is 8.71. The zero-order chi connectivity index (χ0) is 20.2. The Morgan fingerprint density at radius 3 is 1.69 bits per heavy atom. The molecular weight excluding hydrogens is 407 g/mol. The standard InChI is InChI=1S/C22H14Cl2N4O/c23-17-5-1-14(2-6-17)19-13-20(15-3-7-18(24)8-4-15)27-22(26-19)28-21(29)16-9-11-25-12-10-16/h1-13H,(H,26,27,28,29). The van der Waals surface area contributed by atoms with E-state index in [2.05, 4.69) is 20.3 Å². The van der Waals surface area contributed by atoms with E-state index in [0.717, 1.165) is 11.1 Å². The number of hydrogen-bond donors (Lipinski definition) is 1. The summed E-state index contributed by atoms with van der Waals surface area (Å²) in [6, 6.07) is 19.7. The minimum Gasteiger partial charge on any atom is -0.290 e. The molecule has 0 aliphatic rings. The third-order valence-corrected chi connectivity index (χ3v) is 4.68. The number of halogens is 2. The maximum atomic E-state index is 12.5. The van der Waals surface area contributed by atoms with Crippen molar-refractivity contribution in [3.63, 3.8) is 0 Å². The van der Waals surface area contributed by atoms with Crippen molar-refractivity contribution in [2.75, 3.05) is 5.32 Å². The van der Waals surface area contributed by atoms with Crippen LogP contribution >= 0.6 is 23.2 Å². The molecule has 4 aromatic rings. The van der Waals surface area contributed by atoms with Crippen molar-refractivity contribution in [2.45, 2.75) is 0 Å². The number of carbonyl (C=O) groups excluding carboxylic acids is 1. The van der Waals surface area contributed by atoms with Gasteiger partial charge in [0.05, 0.1) is 11.4 Å². The van der Waals surface area contributed by atoms with Crippen LogP contribution in [-0.2, 0) is 0 Å². The van der Waals surface area contributed by atoms with E-state index in [9.17, 15) is 4.79 Å². The summed E-state index contributed by atoms with van der Waals surface area (Å²) in [5.41, 5.74) is 3.49. The van der Waals surface area contributed by atoms with E-state index in [1.54, 1.807) is 48.8 Å². The highest BCUT2D eigenvalue weighted by Gasteiger charge is 2.12. The second-order valence-corrected chi connectivity index (χ2v) is 7.04. The van der Waals surface area contributed by atoms with Gasteiger partial charge in [-0.1, -0.05) is 47.5 Å². The summed E-state index contributed by atoms with van der Waals surface area (Å²) in [5.74, 6) is -0.119. The summed E-state index contributed by atoms with van der Waals surface area (Å²) in [6.45, 7) is 0. The van der Waals surface area contributed by atoms with E-state index in [1.807, 2.05) is 30.3 Å². The summed E-state index contributed by atoms with van der Waals surface area (Å²) < 4.78 is 0. The molecule has 29 heavy (non-hydrogen) atoms. The molecule has 0 saturated heterocycles. The minimum atomic E-state index is -0.317. The van der Waals surface area contributed by atoms with Gasteiger partial charge in [-0.3, -0.25) is 15.1 Å². The zero-order valence-electron chi connectivity index (χ0n) is 15.0. The monoisotopic (exact) mass is 420 g/mol. The molecule has 0 unspecified atom stereocenters. The lowest BCUT2D eigenvalue weighted by Crippen LogP contribution is -2.14. The van der Waals surface area contributed by atoms with Crippen LogP contribution in [-0.4, -0.2) is 20.9 Å². The molecule has 0 saturated carbocycles. The number of rotatable bonds is 4. The normalized spacial score (nSPS) is 10.6. The van der Waals surface area contributed by atoms with Crippen LogP contribution in [0.4, 0.5) is 5.95 Å². The van der Waals surface area contributed by atoms with Crippen molar-refractivity contribution in [3.8, 4) is 22.5 Å². The number of pyridine rings is 1. The van der Waals surface area contributed by atoms with Crippen LogP contribution in [0.15, 0.2) is 79.1 Å². The van der Waals surface area contributed by atoms with Crippen molar-refractivity contribution in [1.82, 2.24) is 15.0 Å². The van der Waals surface area contributed by atoms with Gasteiger partial charge in [0.1, 0.15) is 0 Å². The predicted octanol–water partition coefficient (Wildman–Crippen LogP) is 5.76. The third kappa shape index (κ3) is 4.59. The molecule has 7 heteroatoms. The van der Waals surface area contributed by atoms with Crippen molar-refractivity contribution in [3.05, 3.63) is 94.7 Å². The van der Waals surface area contributed by atoms with Crippen LogP contribution in [0.25, 0.3) is 22.5 Å². The number of anilines is 1. The van der Waals surface area contributed by atoms with Gasteiger partial charge in [0, 0.05) is 39.1 Å². The van der Waals surface area contributed by atoms with Crippen molar-refractivity contribution in [2.24, 2.45) is 0 Å². The summed E-state index contributed by atoms with van der Waals surface area (Å²) in [4.78, 5) is 25.5. The average Bonchev–Trinajstić information content (AvgIpc) is 2.75. The Labute approximate surface area is 177 Å². The Morgan fingerprint density at radius 2 is 1.21 bits per heavy atom. The van der Waals surface area contributed by atoms with Crippen LogP contribution < -0.4 is 5.32 Å². The van der Waals surface area contributed by atoms with Gasteiger partial charge in [0.25, 0.3) is 5.91 Å². The van der Waals surface area contributed by atoms with Crippen molar-refractivity contribution < 1.29 is 4.79 Å². The lowest BCUT2D eigenvalue weighted by Gasteiger charge is -2.10. The Bertz CT molecular complexity index is 1080. The van der Waals surface area contributed by atoms with Gasteiger partial charge in [0.2, 0.25) is 5.95 Å². The van der Waals surface area contributed by atoms with Gasteiger partial charge >= 0.3 is 0 Å². The fourth-order valence-electron chi connectivity index (χ4n) is 2.72. The van der Waals surface area contributed by atoms with E-state index in [1.165, 1.54) is 0 Å². The molecule has 0 atom stereocenters. The molecule has 0 fully saturated rings. The van der Waals surface area contributed by atoms with E-state index in [4.69, 9.17) is 23.2 Å². The van der Waals surface area contributed by atoms with Gasteiger partial charge in [0.15, 0.2) is 0 Å². The van der Waals surface area contributed by atoms with E-state index < -0.39 is 0 Å². The second-order valence-electron chi connectivity index (χ2n) is 6.17.